The van der Waals surface area contributed by atoms with E-state index in [9.17, 15) is 4.79 Å². The van der Waals surface area contributed by atoms with Gasteiger partial charge in [-0.3, -0.25) is 4.90 Å². The molecule has 2 heterocycles. The van der Waals surface area contributed by atoms with E-state index in [4.69, 9.17) is 0 Å². The van der Waals surface area contributed by atoms with Gasteiger partial charge in [-0.1, -0.05) is 36.4 Å². The molecule has 0 saturated carbocycles. The van der Waals surface area contributed by atoms with Crippen molar-refractivity contribution in [3.05, 3.63) is 72.2 Å². The van der Waals surface area contributed by atoms with E-state index in [1.54, 1.807) is 16.2 Å². The number of amides is 2. The minimum absolute atomic E-state index is 0.0832. The first kappa shape index (κ1) is 17.5. The fourth-order valence-electron chi connectivity index (χ4n) is 3.36. The normalized spacial score (nSPS) is 14.7. The van der Waals surface area contributed by atoms with Crippen molar-refractivity contribution in [2.45, 2.75) is 18.9 Å². The zero-order valence-corrected chi connectivity index (χ0v) is 15.8. The Labute approximate surface area is 163 Å². The Balaban J connectivity index is 1.45. The number of hydrogen-bond acceptors (Lipinski definition) is 4. The number of nitrogens with one attached hydrogen (secondary N) is 1. The zero-order valence-electron chi connectivity index (χ0n) is 15.0. The number of nitrogens with zero attached hydrogens (tertiary/aromatic N) is 3. The lowest BCUT2D eigenvalue weighted by Crippen LogP contribution is -2.48. The number of benzene rings is 2. The van der Waals surface area contributed by atoms with Crippen LogP contribution in [0.5, 0.6) is 0 Å². The van der Waals surface area contributed by atoms with E-state index in [-0.39, 0.29) is 12.1 Å². The van der Waals surface area contributed by atoms with Gasteiger partial charge in [0.05, 0.1) is 11.4 Å². The molecule has 0 unspecified atom stereocenters. The quantitative estimate of drug-likeness (QED) is 0.718. The lowest BCUT2D eigenvalue weighted by molar-refractivity contribution is 0.242. The highest BCUT2D eigenvalue weighted by molar-refractivity contribution is 7.13. The molecule has 1 saturated heterocycles. The standard InChI is InChI=1S/C21H22N4OS/c26-20(23-17-11-14-24(15-12-17)21-22-13-16-27-21)25(18-7-3-1-4-8-18)19-9-5-2-6-10-19/h1-10,13,16-17H,11-12,14-15H2,(H,23,26). The third-order valence-corrected chi connectivity index (χ3v) is 5.58. The van der Waals surface area contributed by atoms with Crippen molar-refractivity contribution in [3.8, 4) is 0 Å². The molecule has 1 aliphatic heterocycles. The van der Waals surface area contributed by atoms with E-state index in [1.807, 2.05) is 72.2 Å². The first-order chi connectivity index (χ1) is 13.3. The summed E-state index contributed by atoms with van der Waals surface area (Å²) in [7, 11) is 0. The minimum atomic E-state index is -0.0832. The van der Waals surface area contributed by atoms with Crippen LogP contribution in [0, 0.1) is 0 Å². The van der Waals surface area contributed by atoms with Gasteiger partial charge in [-0.15, -0.1) is 11.3 Å². The Morgan fingerprint density at radius 3 is 2.11 bits per heavy atom. The van der Waals surface area contributed by atoms with Gasteiger partial charge >= 0.3 is 6.03 Å². The molecule has 3 aromatic rings. The van der Waals surface area contributed by atoms with Gasteiger partial charge in [-0.05, 0) is 37.1 Å². The van der Waals surface area contributed by atoms with Crippen LogP contribution in [0.4, 0.5) is 21.3 Å². The Morgan fingerprint density at radius 2 is 1.59 bits per heavy atom. The third kappa shape index (κ3) is 4.11. The van der Waals surface area contributed by atoms with Crippen LogP contribution in [0.15, 0.2) is 72.2 Å². The molecule has 0 spiro atoms. The van der Waals surface area contributed by atoms with E-state index >= 15 is 0 Å². The third-order valence-electron chi connectivity index (χ3n) is 4.74. The van der Waals surface area contributed by atoms with Crippen LogP contribution in [0.2, 0.25) is 0 Å². The van der Waals surface area contributed by atoms with Crippen molar-refractivity contribution < 1.29 is 4.79 Å². The molecule has 0 bridgehead atoms. The first-order valence-electron chi connectivity index (χ1n) is 9.16. The second-order valence-corrected chi connectivity index (χ2v) is 7.41. The van der Waals surface area contributed by atoms with Gasteiger partial charge in [0.1, 0.15) is 0 Å². The molecule has 2 amide bonds. The predicted molar refractivity (Wildman–Crippen MR) is 111 cm³/mol. The van der Waals surface area contributed by atoms with Gasteiger partial charge in [-0.2, -0.15) is 0 Å². The number of carbonyl (C=O) groups excluding carboxylic acids is 1. The molecule has 0 aliphatic carbocycles. The van der Waals surface area contributed by atoms with Crippen molar-refractivity contribution in [2.24, 2.45) is 0 Å². The second kappa shape index (κ2) is 8.22. The van der Waals surface area contributed by atoms with E-state index in [1.165, 1.54) is 0 Å². The summed E-state index contributed by atoms with van der Waals surface area (Å²) >= 11 is 1.66. The van der Waals surface area contributed by atoms with Crippen molar-refractivity contribution in [2.75, 3.05) is 22.9 Å². The van der Waals surface area contributed by atoms with E-state index < -0.39 is 0 Å². The number of anilines is 3. The van der Waals surface area contributed by atoms with Crippen LogP contribution < -0.4 is 15.1 Å². The molecule has 1 N–H and O–H groups in total. The highest BCUT2D eigenvalue weighted by Crippen LogP contribution is 2.26. The Morgan fingerprint density at radius 1 is 1.00 bits per heavy atom. The molecule has 5 nitrogen and oxygen atoms in total. The minimum Gasteiger partial charge on any atom is -0.348 e. The summed E-state index contributed by atoms with van der Waals surface area (Å²) in [6.45, 7) is 1.82. The van der Waals surface area contributed by atoms with Crippen LogP contribution in [-0.2, 0) is 0 Å². The fraction of sp³-hybridized carbons (Fsp3) is 0.238. The van der Waals surface area contributed by atoms with Crippen LogP contribution in [-0.4, -0.2) is 30.1 Å². The van der Waals surface area contributed by atoms with Crippen molar-refractivity contribution >= 4 is 33.9 Å². The molecule has 0 radical (unpaired) electrons. The van der Waals surface area contributed by atoms with Crippen molar-refractivity contribution in [1.82, 2.24) is 10.3 Å². The smallest absolute Gasteiger partial charge is 0.326 e. The molecule has 4 rings (SSSR count). The maximum absolute atomic E-state index is 13.1. The maximum Gasteiger partial charge on any atom is 0.326 e. The van der Waals surface area contributed by atoms with Crippen LogP contribution in [0.3, 0.4) is 0 Å². The molecule has 0 atom stereocenters. The van der Waals surface area contributed by atoms with Crippen molar-refractivity contribution in [3.63, 3.8) is 0 Å². The number of para-hydroxylation sites is 2. The number of urea groups is 1. The second-order valence-electron chi connectivity index (χ2n) is 6.53. The summed E-state index contributed by atoms with van der Waals surface area (Å²) in [5.74, 6) is 0. The number of thiazole rings is 1. The molecule has 1 aromatic heterocycles. The van der Waals surface area contributed by atoms with Crippen LogP contribution in [0.1, 0.15) is 12.8 Å². The van der Waals surface area contributed by atoms with E-state index in [0.717, 1.165) is 42.4 Å². The van der Waals surface area contributed by atoms with Crippen LogP contribution in [0.25, 0.3) is 0 Å². The molecular formula is C21H22N4OS. The molecule has 138 valence electrons. The molecular weight excluding hydrogens is 356 g/mol. The predicted octanol–water partition coefficient (Wildman–Crippen LogP) is 4.66. The Kier molecular flexibility index (Phi) is 5.34. The number of carbonyl (C=O) groups is 1. The van der Waals surface area contributed by atoms with Gasteiger partial charge in [0.25, 0.3) is 0 Å². The average molecular weight is 379 g/mol. The number of rotatable bonds is 4. The van der Waals surface area contributed by atoms with Crippen LogP contribution >= 0.6 is 11.3 Å². The first-order valence-corrected chi connectivity index (χ1v) is 10.0. The zero-order chi connectivity index (χ0) is 18.5. The Bertz CT molecular complexity index is 807. The van der Waals surface area contributed by atoms with Gasteiger partial charge in [0, 0.05) is 30.7 Å². The summed E-state index contributed by atoms with van der Waals surface area (Å²) < 4.78 is 0. The molecule has 6 heteroatoms. The van der Waals surface area contributed by atoms with Gasteiger partial charge in [0.15, 0.2) is 5.13 Å². The SMILES string of the molecule is O=C(NC1CCN(c2nccs2)CC1)N(c1ccccc1)c1ccccc1. The molecule has 1 aliphatic rings. The fourth-order valence-corrected chi connectivity index (χ4v) is 4.06. The molecule has 27 heavy (non-hydrogen) atoms. The maximum atomic E-state index is 13.1. The molecule has 1 fully saturated rings. The highest BCUT2D eigenvalue weighted by Gasteiger charge is 2.25. The van der Waals surface area contributed by atoms with Gasteiger partial charge < -0.3 is 10.2 Å². The summed E-state index contributed by atoms with van der Waals surface area (Å²) in [4.78, 5) is 21.5. The summed E-state index contributed by atoms with van der Waals surface area (Å²) in [5.41, 5.74) is 1.72. The van der Waals surface area contributed by atoms with E-state index in [2.05, 4.69) is 15.2 Å². The monoisotopic (exact) mass is 378 g/mol. The largest absolute Gasteiger partial charge is 0.348 e. The topological polar surface area (TPSA) is 48.5 Å². The average Bonchev–Trinajstić information content (AvgIpc) is 3.25. The van der Waals surface area contributed by atoms with Gasteiger partial charge in [-0.25, -0.2) is 9.78 Å². The number of piperidine rings is 1. The number of hydrogen-bond donors (Lipinski definition) is 1. The number of aromatic nitrogens is 1. The Hall–Kier alpha value is -2.86. The summed E-state index contributed by atoms with van der Waals surface area (Å²) in [5, 5.41) is 6.29. The summed E-state index contributed by atoms with van der Waals surface area (Å²) in [6, 6.07) is 19.6. The lowest BCUT2D eigenvalue weighted by Gasteiger charge is -2.33. The lowest BCUT2D eigenvalue weighted by atomic mass is 10.1. The van der Waals surface area contributed by atoms with Crippen molar-refractivity contribution in [1.29, 1.82) is 0 Å². The summed E-state index contributed by atoms with van der Waals surface area (Å²) in [6.07, 6.45) is 3.68. The van der Waals surface area contributed by atoms with Gasteiger partial charge in [0.2, 0.25) is 0 Å². The highest BCUT2D eigenvalue weighted by atomic mass is 32.1. The molecule has 2 aromatic carbocycles. The van der Waals surface area contributed by atoms with E-state index in [0.29, 0.717) is 0 Å².